The van der Waals surface area contributed by atoms with Crippen LogP contribution in [-0.4, -0.2) is 69.7 Å². The van der Waals surface area contributed by atoms with Gasteiger partial charge in [0.25, 0.3) is 0 Å². The Kier molecular flexibility index (Phi) is 8.40. The molecule has 1 N–H and O–H groups in total. The summed E-state index contributed by atoms with van der Waals surface area (Å²) in [5.41, 5.74) is 0.215. The smallest absolute Gasteiger partial charge is 0.245 e. The summed E-state index contributed by atoms with van der Waals surface area (Å²) in [6.45, 7) is 5.14. The third-order valence-electron chi connectivity index (χ3n) is 5.47. The standard InChI is InChI=1S/C20H27ClN8O5S/c1-7-14(32-4)17-26-27-20(29(17)15-18(33-5)24-10-25-19(15)34-6)28-35(30,31)12(3)11(2)16-22-8-13(21)9-23-16/h8-12,14H,7H2,1-6H3,(H,27,28)/t11-,12-,14+/m0/s1. The molecule has 3 heterocycles. The number of sulfonamides is 1. The van der Waals surface area contributed by atoms with Crippen LogP contribution in [0.2, 0.25) is 5.02 Å². The van der Waals surface area contributed by atoms with E-state index in [1.54, 1.807) is 13.8 Å². The van der Waals surface area contributed by atoms with E-state index in [9.17, 15) is 8.42 Å². The molecular formula is C20H27ClN8O5S. The normalized spacial score (nSPS) is 14.3. The second-order valence-electron chi connectivity index (χ2n) is 7.49. The summed E-state index contributed by atoms with van der Waals surface area (Å²) < 4.78 is 47.1. The molecule has 0 saturated carbocycles. The summed E-state index contributed by atoms with van der Waals surface area (Å²) in [5.74, 6) is 0.214. The zero-order valence-electron chi connectivity index (χ0n) is 20.1. The molecule has 0 fully saturated rings. The highest BCUT2D eigenvalue weighted by molar-refractivity contribution is 7.93. The molecule has 3 aromatic rings. The van der Waals surface area contributed by atoms with Gasteiger partial charge in [-0.25, -0.2) is 18.4 Å². The molecule has 13 nitrogen and oxygen atoms in total. The number of rotatable bonds is 11. The Morgan fingerprint density at radius 3 is 2.14 bits per heavy atom. The number of methoxy groups -OCH3 is 3. The number of hydrogen-bond donors (Lipinski definition) is 1. The third-order valence-corrected chi connectivity index (χ3v) is 7.52. The van der Waals surface area contributed by atoms with E-state index in [4.69, 9.17) is 25.8 Å². The van der Waals surface area contributed by atoms with E-state index in [1.165, 1.54) is 44.6 Å². The zero-order valence-corrected chi connectivity index (χ0v) is 21.7. The fraction of sp³-hybridized carbons (Fsp3) is 0.500. The maximum absolute atomic E-state index is 13.4. The van der Waals surface area contributed by atoms with Gasteiger partial charge < -0.3 is 14.2 Å². The zero-order chi connectivity index (χ0) is 25.8. The Labute approximate surface area is 208 Å². The predicted molar refractivity (Wildman–Crippen MR) is 128 cm³/mol. The number of nitrogens with zero attached hydrogens (tertiary/aromatic N) is 7. The number of anilines is 1. The van der Waals surface area contributed by atoms with Crippen LogP contribution in [-0.2, 0) is 14.8 Å². The van der Waals surface area contributed by atoms with Gasteiger partial charge in [-0.3, -0.25) is 9.29 Å². The molecule has 0 saturated heterocycles. The lowest BCUT2D eigenvalue weighted by Crippen LogP contribution is -2.31. The average molecular weight is 527 g/mol. The van der Waals surface area contributed by atoms with Gasteiger partial charge in [-0.2, -0.15) is 9.97 Å². The molecule has 0 bridgehead atoms. The van der Waals surface area contributed by atoms with E-state index in [0.717, 1.165) is 0 Å². The molecular weight excluding hydrogens is 500 g/mol. The summed E-state index contributed by atoms with van der Waals surface area (Å²) in [4.78, 5) is 16.5. The fourth-order valence-corrected chi connectivity index (χ4v) is 4.67. The van der Waals surface area contributed by atoms with Crippen molar-refractivity contribution < 1.29 is 22.6 Å². The minimum atomic E-state index is -4.02. The highest BCUT2D eigenvalue weighted by atomic mass is 35.5. The second kappa shape index (κ2) is 11.1. The summed E-state index contributed by atoms with van der Waals surface area (Å²) in [6.07, 6.45) is 4.10. The Morgan fingerprint density at radius 1 is 1.03 bits per heavy atom. The molecule has 0 aromatic carbocycles. The first-order chi connectivity index (χ1) is 16.7. The van der Waals surface area contributed by atoms with E-state index >= 15 is 0 Å². The maximum Gasteiger partial charge on any atom is 0.245 e. The van der Waals surface area contributed by atoms with Crippen LogP contribution in [0.3, 0.4) is 0 Å². The SMILES string of the molecule is CC[C@@H](OC)c1nnc(NS(=O)(=O)[C@@H](C)[C@H](C)c2ncc(Cl)cn2)n1-c1c(OC)ncnc1OC. The number of hydrogen-bond acceptors (Lipinski definition) is 11. The molecule has 0 aliphatic heterocycles. The number of halogens is 1. The van der Waals surface area contributed by atoms with Gasteiger partial charge in [0.2, 0.25) is 27.7 Å². The van der Waals surface area contributed by atoms with Crippen molar-refractivity contribution in [3.05, 3.63) is 35.4 Å². The first kappa shape index (κ1) is 26.5. The molecule has 3 atom stereocenters. The third kappa shape index (κ3) is 5.44. The molecule has 15 heteroatoms. The Morgan fingerprint density at radius 2 is 1.63 bits per heavy atom. The van der Waals surface area contributed by atoms with Crippen molar-refractivity contribution in [1.82, 2.24) is 34.7 Å². The van der Waals surface area contributed by atoms with Crippen LogP contribution < -0.4 is 14.2 Å². The van der Waals surface area contributed by atoms with Crippen molar-refractivity contribution in [2.24, 2.45) is 0 Å². The van der Waals surface area contributed by atoms with Crippen LogP contribution in [0, 0.1) is 0 Å². The minimum Gasteiger partial charge on any atom is -0.479 e. The average Bonchev–Trinajstić information content (AvgIpc) is 3.25. The Balaban J connectivity index is 2.10. The van der Waals surface area contributed by atoms with Crippen molar-refractivity contribution in [2.75, 3.05) is 26.1 Å². The number of nitrogens with one attached hydrogen (secondary N) is 1. The van der Waals surface area contributed by atoms with Crippen molar-refractivity contribution in [2.45, 2.75) is 44.5 Å². The molecule has 0 amide bonds. The second-order valence-corrected chi connectivity index (χ2v) is 9.97. The van der Waals surface area contributed by atoms with E-state index in [2.05, 4.69) is 34.9 Å². The van der Waals surface area contributed by atoms with Crippen LogP contribution in [0.15, 0.2) is 18.7 Å². The largest absolute Gasteiger partial charge is 0.479 e. The highest BCUT2D eigenvalue weighted by Crippen LogP contribution is 2.35. The lowest BCUT2D eigenvalue weighted by Gasteiger charge is -2.21. The molecule has 0 aliphatic rings. The van der Waals surface area contributed by atoms with Crippen LogP contribution in [0.4, 0.5) is 5.95 Å². The van der Waals surface area contributed by atoms with Gasteiger partial charge in [0.05, 0.1) is 24.5 Å². The van der Waals surface area contributed by atoms with E-state index in [0.29, 0.717) is 23.1 Å². The van der Waals surface area contributed by atoms with Crippen LogP contribution >= 0.6 is 11.6 Å². The van der Waals surface area contributed by atoms with Gasteiger partial charge in [-0.05, 0) is 13.3 Å². The van der Waals surface area contributed by atoms with Gasteiger partial charge in [0, 0.05) is 25.4 Å². The van der Waals surface area contributed by atoms with E-state index < -0.39 is 27.3 Å². The highest BCUT2D eigenvalue weighted by Gasteiger charge is 2.33. The molecule has 0 radical (unpaired) electrons. The van der Waals surface area contributed by atoms with E-state index in [-0.39, 0.29) is 23.4 Å². The Bertz CT molecular complexity index is 1230. The maximum atomic E-state index is 13.4. The molecule has 0 aliphatic carbocycles. The lowest BCUT2D eigenvalue weighted by molar-refractivity contribution is 0.0910. The minimum absolute atomic E-state index is 0.113. The molecule has 0 unspecified atom stereocenters. The van der Waals surface area contributed by atoms with Gasteiger partial charge in [0.1, 0.15) is 18.3 Å². The van der Waals surface area contributed by atoms with Crippen LogP contribution in [0.25, 0.3) is 5.69 Å². The fourth-order valence-electron chi connectivity index (χ4n) is 3.34. The van der Waals surface area contributed by atoms with Crippen LogP contribution in [0.1, 0.15) is 50.9 Å². The molecule has 0 spiro atoms. The first-order valence-corrected chi connectivity index (χ1v) is 12.5. The lowest BCUT2D eigenvalue weighted by atomic mass is 10.1. The van der Waals surface area contributed by atoms with Crippen LogP contribution in [0.5, 0.6) is 11.8 Å². The monoisotopic (exact) mass is 526 g/mol. The van der Waals surface area contributed by atoms with Crippen molar-refractivity contribution >= 4 is 27.6 Å². The summed E-state index contributed by atoms with van der Waals surface area (Å²) >= 11 is 5.86. The summed E-state index contributed by atoms with van der Waals surface area (Å²) in [7, 11) is 0.339. The van der Waals surface area contributed by atoms with Crippen molar-refractivity contribution in [3.63, 3.8) is 0 Å². The summed E-state index contributed by atoms with van der Waals surface area (Å²) in [6, 6.07) is 0. The summed E-state index contributed by atoms with van der Waals surface area (Å²) in [5, 5.41) is 7.70. The van der Waals surface area contributed by atoms with Gasteiger partial charge in [0.15, 0.2) is 11.5 Å². The predicted octanol–water partition coefficient (Wildman–Crippen LogP) is 2.55. The number of ether oxygens (including phenoxy) is 3. The molecule has 35 heavy (non-hydrogen) atoms. The molecule has 3 rings (SSSR count). The van der Waals surface area contributed by atoms with Crippen molar-refractivity contribution in [3.8, 4) is 17.4 Å². The first-order valence-electron chi connectivity index (χ1n) is 10.6. The van der Waals surface area contributed by atoms with Crippen molar-refractivity contribution in [1.29, 1.82) is 0 Å². The quantitative estimate of drug-likeness (QED) is 0.391. The Hall–Kier alpha value is -3.10. The van der Waals surface area contributed by atoms with Gasteiger partial charge >= 0.3 is 0 Å². The molecule has 190 valence electrons. The van der Waals surface area contributed by atoms with Gasteiger partial charge in [-0.1, -0.05) is 25.4 Å². The number of aromatic nitrogens is 7. The topological polar surface area (TPSA) is 156 Å². The van der Waals surface area contributed by atoms with Gasteiger partial charge in [-0.15, -0.1) is 10.2 Å². The van der Waals surface area contributed by atoms with E-state index in [1.807, 2.05) is 6.92 Å². The molecule has 3 aromatic heterocycles.